The van der Waals surface area contributed by atoms with Gasteiger partial charge >= 0.3 is 0 Å². The van der Waals surface area contributed by atoms with Crippen LogP contribution in [0.3, 0.4) is 0 Å². The molecule has 0 aliphatic rings. The predicted octanol–water partition coefficient (Wildman–Crippen LogP) is 1.95. The zero-order chi connectivity index (χ0) is 19.7. The first-order valence-corrected chi connectivity index (χ1v) is 10.3. The van der Waals surface area contributed by atoms with Crippen LogP contribution in [-0.4, -0.2) is 41.8 Å². The monoisotopic (exact) mass is 394 g/mol. The Bertz CT molecular complexity index is 840. The van der Waals surface area contributed by atoms with E-state index >= 15 is 0 Å². The van der Waals surface area contributed by atoms with E-state index in [0.717, 1.165) is 11.3 Å². The van der Waals surface area contributed by atoms with Gasteiger partial charge in [0, 0.05) is 6.54 Å². The molecule has 0 amide bonds. The van der Waals surface area contributed by atoms with Gasteiger partial charge in [0.2, 0.25) is 10.0 Å². The molecule has 2 aromatic rings. The Hall–Kier alpha value is -2.29. The highest BCUT2D eigenvalue weighted by Gasteiger charge is 2.15. The van der Waals surface area contributed by atoms with E-state index in [2.05, 4.69) is 5.32 Å². The predicted molar refractivity (Wildman–Crippen MR) is 104 cm³/mol. The summed E-state index contributed by atoms with van der Waals surface area (Å²) in [5, 5.41) is 8.50. The molecule has 0 saturated heterocycles. The van der Waals surface area contributed by atoms with Crippen molar-refractivity contribution < 1.29 is 22.6 Å². The van der Waals surface area contributed by atoms with Crippen LogP contribution in [0.25, 0.3) is 0 Å². The van der Waals surface area contributed by atoms with Crippen LogP contribution < -0.4 is 24.7 Å². The average molecular weight is 394 g/mol. The SMILES string of the molecule is CCOc1ccccc1OCCNCCc1ccc(OC)c(S(N)(=O)=O)c1. The second kappa shape index (κ2) is 10.1. The summed E-state index contributed by atoms with van der Waals surface area (Å²) in [6, 6.07) is 12.5. The van der Waals surface area contributed by atoms with Gasteiger partial charge in [-0.2, -0.15) is 0 Å². The summed E-state index contributed by atoms with van der Waals surface area (Å²) in [7, 11) is -2.41. The third-order valence-electron chi connectivity index (χ3n) is 3.81. The zero-order valence-electron chi connectivity index (χ0n) is 15.6. The summed E-state index contributed by atoms with van der Waals surface area (Å²) < 4.78 is 39.6. The van der Waals surface area contributed by atoms with Gasteiger partial charge in [-0.05, 0) is 49.7 Å². The molecule has 8 heteroatoms. The van der Waals surface area contributed by atoms with E-state index in [-0.39, 0.29) is 10.6 Å². The standard InChI is InChI=1S/C19H26N2O5S/c1-3-25-16-6-4-5-7-17(16)26-13-12-21-11-10-15-8-9-18(24-2)19(14-15)27(20,22)23/h4-9,14,21H,3,10-13H2,1-2H3,(H2,20,22,23). The largest absolute Gasteiger partial charge is 0.495 e. The Balaban J connectivity index is 1.79. The van der Waals surface area contributed by atoms with E-state index in [4.69, 9.17) is 19.3 Å². The molecule has 7 nitrogen and oxygen atoms in total. The maximum Gasteiger partial charge on any atom is 0.241 e. The van der Waals surface area contributed by atoms with E-state index in [1.807, 2.05) is 37.3 Å². The van der Waals surface area contributed by atoms with Crippen LogP contribution in [-0.2, 0) is 16.4 Å². The molecule has 0 radical (unpaired) electrons. The van der Waals surface area contributed by atoms with Crippen LogP contribution >= 0.6 is 0 Å². The Labute approximate surface area is 160 Å². The summed E-state index contributed by atoms with van der Waals surface area (Å²) in [6.07, 6.45) is 0.655. The lowest BCUT2D eigenvalue weighted by Gasteiger charge is -2.12. The minimum atomic E-state index is -3.82. The molecular weight excluding hydrogens is 368 g/mol. The van der Waals surface area contributed by atoms with Crippen LogP contribution in [0, 0.1) is 0 Å². The fourth-order valence-corrected chi connectivity index (χ4v) is 3.28. The number of rotatable bonds is 11. The van der Waals surface area contributed by atoms with E-state index in [1.54, 1.807) is 12.1 Å². The number of primary sulfonamides is 1. The topological polar surface area (TPSA) is 99.9 Å². The van der Waals surface area contributed by atoms with Crippen molar-refractivity contribution >= 4 is 10.0 Å². The highest BCUT2D eigenvalue weighted by atomic mass is 32.2. The van der Waals surface area contributed by atoms with Crippen molar-refractivity contribution in [2.45, 2.75) is 18.2 Å². The van der Waals surface area contributed by atoms with Crippen LogP contribution in [0.2, 0.25) is 0 Å². The summed E-state index contributed by atoms with van der Waals surface area (Å²) in [4.78, 5) is -0.00151. The normalized spacial score (nSPS) is 11.2. The number of ether oxygens (including phenoxy) is 3. The second-order valence-electron chi connectivity index (χ2n) is 5.76. The zero-order valence-corrected chi connectivity index (χ0v) is 16.4. The molecule has 3 N–H and O–H groups in total. The maximum atomic E-state index is 11.6. The van der Waals surface area contributed by atoms with Gasteiger partial charge in [-0.1, -0.05) is 18.2 Å². The maximum absolute atomic E-state index is 11.6. The fourth-order valence-electron chi connectivity index (χ4n) is 2.53. The summed E-state index contributed by atoms with van der Waals surface area (Å²) in [6.45, 7) is 4.33. The van der Waals surface area contributed by atoms with E-state index in [0.29, 0.717) is 38.5 Å². The molecule has 0 aliphatic carbocycles. The number of nitrogens with one attached hydrogen (secondary N) is 1. The van der Waals surface area contributed by atoms with Gasteiger partial charge in [-0.3, -0.25) is 0 Å². The van der Waals surface area contributed by atoms with Gasteiger partial charge in [-0.25, -0.2) is 13.6 Å². The fraction of sp³-hybridized carbons (Fsp3) is 0.368. The van der Waals surface area contributed by atoms with Crippen molar-refractivity contribution in [2.75, 3.05) is 33.4 Å². The highest BCUT2D eigenvalue weighted by Crippen LogP contribution is 2.26. The van der Waals surface area contributed by atoms with Crippen molar-refractivity contribution in [2.24, 2.45) is 5.14 Å². The van der Waals surface area contributed by atoms with Gasteiger partial charge in [0.05, 0.1) is 13.7 Å². The highest BCUT2D eigenvalue weighted by molar-refractivity contribution is 7.89. The van der Waals surface area contributed by atoms with Crippen LogP contribution in [0.5, 0.6) is 17.2 Å². The molecule has 0 saturated carbocycles. The van der Waals surface area contributed by atoms with E-state index in [1.165, 1.54) is 7.11 Å². The smallest absolute Gasteiger partial charge is 0.241 e. The summed E-state index contributed by atoms with van der Waals surface area (Å²) in [5.74, 6) is 1.69. The van der Waals surface area contributed by atoms with E-state index < -0.39 is 10.0 Å². The number of nitrogens with two attached hydrogens (primary N) is 1. The molecule has 2 rings (SSSR count). The Morgan fingerprint density at radius 2 is 1.70 bits per heavy atom. The summed E-state index contributed by atoms with van der Waals surface area (Å²) >= 11 is 0. The second-order valence-corrected chi connectivity index (χ2v) is 7.29. The summed E-state index contributed by atoms with van der Waals surface area (Å²) in [5.41, 5.74) is 0.856. The first-order valence-electron chi connectivity index (χ1n) is 8.70. The number of hydrogen-bond donors (Lipinski definition) is 2. The Morgan fingerprint density at radius 3 is 2.33 bits per heavy atom. The molecule has 0 aliphatic heterocycles. The molecule has 0 spiro atoms. The van der Waals surface area contributed by atoms with Crippen molar-refractivity contribution in [3.8, 4) is 17.2 Å². The molecule has 0 aromatic heterocycles. The lowest BCUT2D eigenvalue weighted by Crippen LogP contribution is -2.23. The minimum absolute atomic E-state index is 0.00151. The lowest BCUT2D eigenvalue weighted by molar-refractivity contribution is 0.276. The Kier molecular flexibility index (Phi) is 7.90. The minimum Gasteiger partial charge on any atom is -0.495 e. The van der Waals surface area contributed by atoms with Gasteiger partial charge in [0.25, 0.3) is 0 Å². The molecular formula is C19H26N2O5S. The number of hydrogen-bond acceptors (Lipinski definition) is 6. The molecule has 0 bridgehead atoms. The lowest BCUT2D eigenvalue weighted by atomic mass is 10.1. The van der Waals surface area contributed by atoms with Crippen molar-refractivity contribution in [1.82, 2.24) is 5.32 Å². The quantitative estimate of drug-likeness (QED) is 0.565. The van der Waals surface area contributed by atoms with Crippen molar-refractivity contribution in [1.29, 1.82) is 0 Å². The molecule has 0 heterocycles. The molecule has 148 valence electrons. The van der Waals surface area contributed by atoms with Crippen LogP contribution in [0.4, 0.5) is 0 Å². The third-order valence-corrected chi connectivity index (χ3v) is 4.74. The molecule has 0 unspecified atom stereocenters. The number of benzene rings is 2. The average Bonchev–Trinajstić information content (AvgIpc) is 2.65. The first kappa shape index (κ1) is 21.0. The molecule has 27 heavy (non-hydrogen) atoms. The third kappa shape index (κ3) is 6.42. The van der Waals surface area contributed by atoms with Crippen LogP contribution in [0.1, 0.15) is 12.5 Å². The molecule has 0 fully saturated rings. The Morgan fingerprint density at radius 1 is 1.00 bits per heavy atom. The van der Waals surface area contributed by atoms with E-state index in [9.17, 15) is 8.42 Å². The first-order chi connectivity index (χ1) is 13.0. The van der Waals surface area contributed by atoms with Gasteiger partial charge < -0.3 is 19.5 Å². The van der Waals surface area contributed by atoms with Crippen LogP contribution in [0.15, 0.2) is 47.4 Å². The number of sulfonamides is 1. The molecule has 2 aromatic carbocycles. The number of methoxy groups -OCH3 is 1. The van der Waals surface area contributed by atoms with Crippen molar-refractivity contribution in [3.63, 3.8) is 0 Å². The van der Waals surface area contributed by atoms with Gasteiger partial charge in [-0.15, -0.1) is 0 Å². The van der Waals surface area contributed by atoms with Gasteiger partial charge in [0.1, 0.15) is 17.3 Å². The number of para-hydroxylation sites is 2. The van der Waals surface area contributed by atoms with Gasteiger partial charge in [0.15, 0.2) is 11.5 Å². The molecule has 0 atom stereocenters. The van der Waals surface area contributed by atoms with Crippen molar-refractivity contribution in [3.05, 3.63) is 48.0 Å².